The number of amides is 2. The molecule has 1 aromatic carbocycles. The van der Waals surface area contributed by atoms with E-state index in [-0.39, 0.29) is 42.3 Å². The molecule has 2 aliphatic heterocycles. The number of carbonyl (C=O) groups excluding carboxylic acids is 3. The van der Waals surface area contributed by atoms with Gasteiger partial charge in [0.05, 0.1) is 24.0 Å². The van der Waals surface area contributed by atoms with Gasteiger partial charge < -0.3 is 14.5 Å². The minimum atomic E-state index is -3.80. The quantitative estimate of drug-likeness (QED) is 0.559. The Morgan fingerprint density at radius 2 is 1.78 bits per heavy atom. The number of hydrogen-bond acceptors (Lipinski definition) is 6. The van der Waals surface area contributed by atoms with Crippen LogP contribution in [0.4, 0.5) is 0 Å². The van der Waals surface area contributed by atoms with Gasteiger partial charge in [0.25, 0.3) is 0 Å². The number of rotatable bonds is 7. The van der Waals surface area contributed by atoms with Crippen LogP contribution in [0.15, 0.2) is 35.2 Å². The van der Waals surface area contributed by atoms with Gasteiger partial charge in [0, 0.05) is 26.7 Å². The zero-order valence-corrected chi connectivity index (χ0v) is 19.4. The Balaban J connectivity index is 1.63. The monoisotopic (exact) mass is 465 g/mol. The molecule has 1 aromatic rings. The maximum atomic E-state index is 13.1. The number of hydrogen-bond donors (Lipinski definition) is 0. The third kappa shape index (κ3) is 5.29. The Kier molecular flexibility index (Phi) is 7.89. The first kappa shape index (κ1) is 24.2. The van der Waals surface area contributed by atoms with E-state index in [0.717, 1.165) is 0 Å². The standard InChI is InChI=1S/C22H31N3O6S/c1-3-31-22(28)17-9-7-13-24(15-17)20(26)16-23(2)21(27)19-12-8-14-25(19)32(29,30)18-10-5-4-6-11-18/h4-6,10-11,17,19H,3,7-9,12-16H2,1-2H3. The highest BCUT2D eigenvalue weighted by Gasteiger charge is 2.41. The van der Waals surface area contributed by atoms with E-state index in [2.05, 4.69) is 0 Å². The van der Waals surface area contributed by atoms with E-state index < -0.39 is 22.0 Å². The predicted molar refractivity (Wildman–Crippen MR) is 117 cm³/mol. The van der Waals surface area contributed by atoms with Crippen molar-refractivity contribution in [3.63, 3.8) is 0 Å². The molecule has 9 nitrogen and oxygen atoms in total. The largest absolute Gasteiger partial charge is 0.466 e. The number of piperidine rings is 1. The normalized spacial score (nSPS) is 21.9. The van der Waals surface area contributed by atoms with E-state index in [1.54, 1.807) is 30.0 Å². The fourth-order valence-electron chi connectivity index (χ4n) is 4.29. The van der Waals surface area contributed by atoms with Crippen LogP contribution in [0.2, 0.25) is 0 Å². The lowest BCUT2D eigenvalue weighted by Gasteiger charge is -2.33. The SMILES string of the molecule is CCOC(=O)C1CCCN(C(=O)CN(C)C(=O)C2CCCN2S(=O)(=O)c2ccccc2)C1. The van der Waals surface area contributed by atoms with E-state index in [1.807, 2.05) is 0 Å². The van der Waals surface area contributed by atoms with Gasteiger partial charge in [0.15, 0.2) is 0 Å². The van der Waals surface area contributed by atoms with Crippen molar-refractivity contribution in [2.45, 2.75) is 43.5 Å². The van der Waals surface area contributed by atoms with Gasteiger partial charge in [-0.15, -0.1) is 0 Å². The molecular weight excluding hydrogens is 434 g/mol. The van der Waals surface area contributed by atoms with Crippen molar-refractivity contribution in [3.8, 4) is 0 Å². The first-order valence-corrected chi connectivity index (χ1v) is 12.5. The molecule has 2 heterocycles. The number of likely N-dealkylation sites (N-methyl/N-ethyl adjacent to an activating group) is 1. The summed E-state index contributed by atoms with van der Waals surface area (Å²) in [5.74, 6) is -1.31. The fourth-order valence-corrected chi connectivity index (χ4v) is 5.97. The first-order valence-electron chi connectivity index (χ1n) is 11.0. The molecule has 2 atom stereocenters. The molecule has 0 radical (unpaired) electrons. The van der Waals surface area contributed by atoms with Crippen molar-refractivity contribution in [2.75, 3.05) is 39.8 Å². The Labute approximate surface area is 189 Å². The molecule has 0 aromatic heterocycles. The Morgan fingerprint density at radius 3 is 2.47 bits per heavy atom. The third-order valence-electron chi connectivity index (χ3n) is 5.98. The second-order valence-electron chi connectivity index (χ2n) is 8.21. The lowest BCUT2D eigenvalue weighted by Crippen LogP contribution is -2.51. The Bertz CT molecular complexity index is 936. The van der Waals surface area contributed by atoms with Gasteiger partial charge in [-0.05, 0) is 44.7 Å². The van der Waals surface area contributed by atoms with Crippen LogP contribution in [0.3, 0.4) is 0 Å². The molecule has 0 saturated carbocycles. The average Bonchev–Trinajstić information content (AvgIpc) is 3.30. The Morgan fingerprint density at radius 1 is 1.09 bits per heavy atom. The molecular formula is C22H31N3O6S. The molecule has 2 saturated heterocycles. The van der Waals surface area contributed by atoms with Crippen molar-refractivity contribution >= 4 is 27.8 Å². The number of esters is 1. The van der Waals surface area contributed by atoms with E-state index in [1.165, 1.54) is 28.4 Å². The van der Waals surface area contributed by atoms with Crippen LogP contribution in [0, 0.1) is 5.92 Å². The summed E-state index contributed by atoms with van der Waals surface area (Å²) in [6, 6.07) is 7.22. The number of sulfonamides is 1. The fraction of sp³-hybridized carbons (Fsp3) is 0.591. The maximum Gasteiger partial charge on any atom is 0.310 e. The minimum absolute atomic E-state index is 0.150. The molecule has 32 heavy (non-hydrogen) atoms. The van der Waals surface area contributed by atoms with Crippen LogP contribution in [0.5, 0.6) is 0 Å². The van der Waals surface area contributed by atoms with Gasteiger partial charge in [-0.25, -0.2) is 8.42 Å². The summed E-state index contributed by atoms with van der Waals surface area (Å²) in [4.78, 5) is 40.9. The smallest absolute Gasteiger partial charge is 0.310 e. The first-order chi connectivity index (χ1) is 15.3. The van der Waals surface area contributed by atoms with Crippen molar-refractivity contribution < 1.29 is 27.5 Å². The molecule has 0 N–H and O–H groups in total. The molecule has 2 aliphatic rings. The third-order valence-corrected chi connectivity index (χ3v) is 7.90. The van der Waals surface area contributed by atoms with E-state index in [4.69, 9.17) is 4.74 Å². The second kappa shape index (κ2) is 10.4. The highest BCUT2D eigenvalue weighted by Crippen LogP contribution is 2.27. The molecule has 2 amide bonds. The van der Waals surface area contributed by atoms with E-state index in [9.17, 15) is 22.8 Å². The summed E-state index contributed by atoms with van der Waals surface area (Å²) in [5.41, 5.74) is 0. The van der Waals surface area contributed by atoms with E-state index in [0.29, 0.717) is 38.8 Å². The van der Waals surface area contributed by atoms with Gasteiger partial charge >= 0.3 is 5.97 Å². The van der Waals surface area contributed by atoms with Crippen LogP contribution >= 0.6 is 0 Å². The highest BCUT2D eigenvalue weighted by molar-refractivity contribution is 7.89. The number of carbonyl (C=O) groups is 3. The number of likely N-dealkylation sites (tertiary alicyclic amines) is 1. The van der Waals surface area contributed by atoms with Crippen molar-refractivity contribution in [3.05, 3.63) is 30.3 Å². The molecule has 0 aliphatic carbocycles. The lowest BCUT2D eigenvalue weighted by molar-refractivity contribution is -0.152. The Hall–Kier alpha value is -2.46. The summed E-state index contributed by atoms with van der Waals surface area (Å²) in [7, 11) is -2.29. The average molecular weight is 466 g/mol. The highest BCUT2D eigenvalue weighted by atomic mass is 32.2. The van der Waals surface area contributed by atoms with Crippen LogP contribution in [-0.2, 0) is 29.1 Å². The van der Waals surface area contributed by atoms with Crippen LogP contribution in [0.25, 0.3) is 0 Å². The van der Waals surface area contributed by atoms with Crippen molar-refractivity contribution in [1.29, 1.82) is 0 Å². The van der Waals surface area contributed by atoms with Gasteiger partial charge in [0.1, 0.15) is 6.04 Å². The molecule has 10 heteroatoms. The van der Waals surface area contributed by atoms with Gasteiger partial charge in [-0.1, -0.05) is 18.2 Å². The zero-order chi connectivity index (χ0) is 23.3. The summed E-state index contributed by atoms with van der Waals surface area (Å²) in [5, 5.41) is 0. The molecule has 2 unspecified atom stereocenters. The molecule has 0 spiro atoms. The van der Waals surface area contributed by atoms with E-state index >= 15 is 0 Å². The zero-order valence-electron chi connectivity index (χ0n) is 18.6. The summed E-state index contributed by atoms with van der Waals surface area (Å²) in [6.45, 7) is 2.94. The second-order valence-corrected chi connectivity index (χ2v) is 10.1. The number of benzene rings is 1. The van der Waals surface area contributed by atoms with Crippen molar-refractivity contribution in [2.24, 2.45) is 5.92 Å². The summed E-state index contributed by atoms with van der Waals surface area (Å²) in [6.07, 6.45) is 2.36. The van der Waals surface area contributed by atoms with Crippen molar-refractivity contribution in [1.82, 2.24) is 14.1 Å². The number of ether oxygens (including phenoxy) is 1. The summed E-state index contributed by atoms with van der Waals surface area (Å²) < 4.78 is 32.4. The molecule has 3 rings (SSSR count). The van der Waals surface area contributed by atoms with Crippen LogP contribution in [-0.4, -0.2) is 86.2 Å². The predicted octanol–water partition coefficient (Wildman–Crippen LogP) is 1.10. The van der Waals surface area contributed by atoms with Crippen LogP contribution < -0.4 is 0 Å². The molecule has 0 bridgehead atoms. The lowest BCUT2D eigenvalue weighted by atomic mass is 9.98. The molecule has 176 valence electrons. The van der Waals surface area contributed by atoms with Gasteiger partial charge in [0.2, 0.25) is 21.8 Å². The van der Waals surface area contributed by atoms with Crippen LogP contribution in [0.1, 0.15) is 32.6 Å². The number of nitrogens with zero attached hydrogens (tertiary/aromatic N) is 3. The maximum absolute atomic E-state index is 13.1. The summed E-state index contributed by atoms with van der Waals surface area (Å²) >= 11 is 0. The topological polar surface area (TPSA) is 104 Å². The van der Waals surface area contributed by atoms with Gasteiger partial charge in [-0.3, -0.25) is 14.4 Å². The van der Waals surface area contributed by atoms with Gasteiger partial charge in [-0.2, -0.15) is 4.31 Å². The molecule has 2 fully saturated rings. The minimum Gasteiger partial charge on any atom is -0.466 e.